The standard InChI is InChI=1S/C15H21F2NO/c1-5-15(17,13(19)18-14(2,3)4)12(16)11-9-7-6-8-10-11/h6-10,12H,5H2,1-4H3,(H,18,19)/t12-,15-/m0/s1. The average Bonchev–Trinajstić information content (AvgIpc) is 2.35. The molecule has 1 aromatic carbocycles. The van der Waals surface area contributed by atoms with Crippen molar-refractivity contribution in [3.8, 4) is 0 Å². The molecule has 1 amide bonds. The van der Waals surface area contributed by atoms with Gasteiger partial charge in [-0.1, -0.05) is 37.3 Å². The molecule has 0 saturated carbocycles. The molecule has 2 nitrogen and oxygen atoms in total. The highest BCUT2D eigenvalue weighted by Gasteiger charge is 2.47. The summed E-state index contributed by atoms with van der Waals surface area (Å²) in [6.45, 7) is 6.67. The van der Waals surface area contributed by atoms with Crippen LogP contribution in [0.15, 0.2) is 30.3 Å². The van der Waals surface area contributed by atoms with E-state index in [2.05, 4.69) is 5.32 Å². The van der Waals surface area contributed by atoms with E-state index in [9.17, 15) is 13.6 Å². The minimum Gasteiger partial charge on any atom is -0.349 e. The van der Waals surface area contributed by atoms with E-state index in [0.717, 1.165) is 0 Å². The van der Waals surface area contributed by atoms with Crippen LogP contribution in [0, 0.1) is 0 Å². The Balaban J connectivity index is 3.00. The van der Waals surface area contributed by atoms with E-state index in [1.165, 1.54) is 19.1 Å². The Bertz CT molecular complexity index is 428. The number of carbonyl (C=O) groups is 1. The lowest BCUT2D eigenvalue weighted by atomic mass is 9.89. The fourth-order valence-electron chi connectivity index (χ4n) is 1.79. The number of amides is 1. The van der Waals surface area contributed by atoms with Crippen LogP contribution < -0.4 is 5.32 Å². The first-order valence-electron chi connectivity index (χ1n) is 6.41. The van der Waals surface area contributed by atoms with E-state index in [-0.39, 0.29) is 12.0 Å². The van der Waals surface area contributed by atoms with E-state index in [4.69, 9.17) is 0 Å². The molecule has 0 spiro atoms. The Labute approximate surface area is 113 Å². The Hall–Kier alpha value is -1.45. The van der Waals surface area contributed by atoms with Crippen LogP contribution in [-0.4, -0.2) is 17.1 Å². The first kappa shape index (κ1) is 15.6. The number of carbonyl (C=O) groups excluding carboxylic acids is 1. The Kier molecular flexibility index (Phi) is 4.66. The van der Waals surface area contributed by atoms with Gasteiger partial charge in [0, 0.05) is 5.54 Å². The minimum atomic E-state index is -2.55. The van der Waals surface area contributed by atoms with Gasteiger partial charge in [0.25, 0.3) is 5.91 Å². The number of alkyl halides is 2. The van der Waals surface area contributed by atoms with Crippen LogP contribution in [0.4, 0.5) is 8.78 Å². The lowest BCUT2D eigenvalue weighted by Gasteiger charge is -2.31. The van der Waals surface area contributed by atoms with Crippen LogP contribution in [0.3, 0.4) is 0 Å². The van der Waals surface area contributed by atoms with Crippen molar-refractivity contribution in [2.75, 3.05) is 0 Å². The lowest BCUT2D eigenvalue weighted by Crippen LogP contribution is -2.52. The van der Waals surface area contributed by atoms with Crippen LogP contribution in [0.25, 0.3) is 0 Å². The summed E-state index contributed by atoms with van der Waals surface area (Å²) < 4.78 is 29.1. The number of rotatable bonds is 4. The number of halogens is 2. The Morgan fingerprint density at radius 3 is 2.21 bits per heavy atom. The minimum absolute atomic E-state index is 0.177. The molecule has 106 valence electrons. The molecule has 0 bridgehead atoms. The molecule has 0 radical (unpaired) electrons. The number of hydrogen-bond acceptors (Lipinski definition) is 1. The van der Waals surface area contributed by atoms with Gasteiger partial charge in [0.2, 0.25) is 5.67 Å². The topological polar surface area (TPSA) is 29.1 Å². The summed E-state index contributed by atoms with van der Waals surface area (Å²) in [5.41, 5.74) is -2.97. The second-order valence-corrected chi connectivity index (χ2v) is 5.69. The van der Waals surface area contributed by atoms with Crippen molar-refractivity contribution < 1.29 is 13.6 Å². The summed E-state index contributed by atoms with van der Waals surface area (Å²) in [7, 11) is 0. The zero-order valence-electron chi connectivity index (χ0n) is 11.8. The molecule has 0 heterocycles. The zero-order chi connectivity index (χ0) is 14.7. The van der Waals surface area contributed by atoms with Gasteiger partial charge in [-0.15, -0.1) is 0 Å². The van der Waals surface area contributed by atoms with Crippen molar-refractivity contribution in [3.63, 3.8) is 0 Å². The summed E-state index contributed by atoms with van der Waals surface area (Å²) in [6.07, 6.45) is -2.19. The molecule has 0 fully saturated rings. The molecule has 0 aliphatic rings. The lowest BCUT2D eigenvalue weighted by molar-refractivity contribution is -0.139. The maximum atomic E-state index is 14.7. The summed E-state index contributed by atoms with van der Waals surface area (Å²) in [6, 6.07) is 7.94. The van der Waals surface area contributed by atoms with Gasteiger partial charge in [-0.2, -0.15) is 0 Å². The third-order valence-electron chi connectivity index (χ3n) is 2.87. The van der Waals surface area contributed by atoms with Gasteiger partial charge in [-0.3, -0.25) is 4.79 Å². The molecule has 1 N–H and O–H groups in total. The summed E-state index contributed by atoms with van der Waals surface area (Å²) in [4.78, 5) is 12.0. The van der Waals surface area contributed by atoms with E-state index < -0.39 is 23.3 Å². The third-order valence-corrected chi connectivity index (χ3v) is 2.87. The van der Waals surface area contributed by atoms with Crippen molar-refractivity contribution in [3.05, 3.63) is 35.9 Å². The van der Waals surface area contributed by atoms with E-state index >= 15 is 0 Å². The molecule has 1 aromatic rings. The molecular weight excluding hydrogens is 248 g/mol. The van der Waals surface area contributed by atoms with E-state index in [1.807, 2.05) is 0 Å². The van der Waals surface area contributed by atoms with E-state index in [0.29, 0.717) is 0 Å². The van der Waals surface area contributed by atoms with Crippen molar-refractivity contribution in [2.45, 2.75) is 51.5 Å². The van der Waals surface area contributed by atoms with Gasteiger partial charge < -0.3 is 5.32 Å². The molecule has 19 heavy (non-hydrogen) atoms. The van der Waals surface area contributed by atoms with Crippen LogP contribution >= 0.6 is 0 Å². The molecule has 0 aliphatic carbocycles. The maximum Gasteiger partial charge on any atom is 0.261 e. The smallest absolute Gasteiger partial charge is 0.261 e. The fourth-order valence-corrected chi connectivity index (χ4v) is 1.79. The van der Waals surface area contributed by atoms with Crippen LogP contribution in [0.1, 0.15) is 45.9 Å². The highest BCUT2D eigenvalue weighted by atomic mass is 19.2. The first-order valence-corrected chi connectivity index (χ1v) is 6.41. The maximum absolute atomic E-state index is 14.7. The predicted molar refractivity (Wildman–Crippen MR) is 72.3 cm³/mol. The van der Waals surface area contributed by atoms with Gasteiger partial charge >= 0.3 is 0 Å². The van der Waals surface area contributed by atoms with Crippen molar-refractivity contribution in [1.29, 1.82) is 0 Å². The average molecular weight is 269 g/mol. The van der Waals surface area contributed by atoms with Crippen LogP contribution in [0.5, 0.6) is 0 Å². The van der Waals surface area contributed by atoms with Gasteiger partial charge in [-0.25, -0.2) is 8.78 Å². The monoisotopic (exact) mass is 269 g/mol. The fraction of sp³-hybridized carbons (Fsp3) is 0.533. The molecule has 0 aliphatic heterocycles. The largest absolute Gasteiger partial charge is 0.349 e. The zero-order valence-corrected chi connectivity index (χ0v) is 11.8. The molecule has 4 heteroatoms. The van der Waals surface area contributed by atoms with Gasteiger partial charge in [0.05, 0.1) is 0 Å². The summed E-state index contributed by atoms with van der Waals surface area (Å²) >= 11 is 0. The molecule has 0 saturated heterocycles. The number of benzene rings is 1. The van der Waals surface area contributed by atoms with Crippen molar-refractivity contribution in [1.82, 2.24) is 5.32 Å². The van der Waals surface area contributed by atoms with Crippen molar-refractivity contribution >= 4 is 5.91 Å². The van der Waals surface area contributed by atoms with Gasteiger partial charge in [-0.05, 0) is 32.8 Å². The predicted octanol–water partition coefficient (Wildman–Crippen LogP) is 3.73. The summed E-state index contributed by atoms with van der Waals surface area (Å²) in [5, 5.41) is 2.51. The van der Waals surface area contributed by atoms with Crippen LogP contribution in [0.2, 0.25) is 0 Å². The van der Waals surface area contributed by atoms with E-state index in [1.54, 1.807) is 39.0 Å². The van der Waals surface area contributed by atoms with Crippen LogP contribution in [-0.2, 0) is 4.79 Å². The molecular formula is C15H21F2NO. The Morgan fingerprint density at radius 2 is 1.79 bits per heavy atom. The van der Waals surface area contributed by atoms with Gasteiger partial charge in [0.1, 0.15) is 0 Å². The normalized spacial score (nSPS) is 16.5. The quantitative estimate of drug-likeness (QED) is 0.886. The highest BCUT2D eigenvalue weighted by Crippen LogP contribution is 2.36. The molecule has 0 unspecified atom stereocenters. The highest BCUT2D eigenvalue weighted by molar-refractivity contribution is 5.86. The molecule has 2 atom stereocenters. The molecule has 1 rings (SSSR count). The second kappa shape index (κ2) is 5.68. The second-order valence-electron chi connectivity index (χ2n) is 5.69. The third kappa shape index (κ3) is 3.75. The molecule has 0 aromatic heterocycles. The number of hydrogen-bond donors (Lipinski definition) is 1. The van der Waals surface area contributed by atoms with Gasteiger partial charge in [0.15, 0.2) is 6.17 Å². The number of nitrogens with one attached hydrogen (secondary N) is 1. The van der Waals surface area contributed by atoms with Crippen molar-refractivity contribution in [2.24, 2.45) is 0 Å². The Morgan fingerprint density at radius 1 is 1.26 bits per heavy atom. The SMILES string of the molecule is CC[C@@](F)(C(=O)NC(C)(C)C)[C@@H](F)c1ccccc1. The summed E-state index contributed by atoms with van der Waals surface area (Å²) in [5.74, 6) is -0.904. The first-order chi connectivity index (χ1) is 8.70.